The van der Waals surface area contributed by atoms with Crippen LogP contribution in [0.4, 0.5) is 0 Å². The van der Waals surface area contributed by atoms with Gasteiger partial charge in [-0.2, -0.15) is 5.10 Å². The van der Waals surface area contributed by atoms with Crippen molar-refractivity contribution in [3.8, 4) is 5.69 Å². The molecule has 3 aromatic rings. The molecule has 162 valence electrons. The lowest BCUT2D eigenvalue weighted by molar-refractivity contribution is 0.391. The van der Waals surface area contributed by atoms with Crippen LogP contribution in [0.25, 0.3) is 5.69 Å². The van der Waals surface area contributed by atoms with E-state index in [1.54, 1.807) is 0 Å². The fraction of sp³-hybridized carbons (Fsp3) is 0.409. The number of para-hydroxylation sites is 1. The van der Waals surface area contributed by atoms with E-state index in [2.05, 4.69) is 40.5 Å². The second kappa shape index (κ2) is 11.1. The molecule has 1 unspecified atom stereocenters. The second-order valence-corrected chi connectivity index (χ2v) is 7.32. The average Bonchev–Trinajstić information content (AvgIpc) is 3.31. The van der Waals surface area contributed by atoms with Crippen LogP contribution in [-0.4, -0.2) is 45.9 Å². The molecular weight excluding hydrogens is 491 g/mol. The number of aryl methyl sites for hydroxylation is 2. The van der Waals surface area contributed by atoms with Crippen LogP contribution in [0.2, 0.25) is 0 Å². The number of nitrogens with one attached hydrogen (secondary N) is 1. The highest BCUT2D eigenvalue weighted by Gasteiger charge is 2.17. The third-order valence-electron chi connectivity index (χ3n) is 4.87. The van der Waals surface area contributed by atoms with Gasteiger partial charge in [0.25, 0.3) is 0 Å². The van der Waals surface area contributed by atoms with Crippen molar-refractivity contribution in [1.29, 1.82) is 0 Å². The SMILES string of the molecule is CCNC(=NCC(C)c1c(C)noc1C)N(C)Cc1cnn(-c2ccccc2)c1.I. The van der Waals surface area contributed by atoms with Gasteiger partial charge >= 0.3 is 0 Å². The molecule has 1 atom stereocenters. The van der Waals surface area contributed by atoms with E-state index in [0.717, 1.165) is 47.3 Å². The Hall–Kier alpha value is -2.36. The Kier molecular flexibility index (Phi) is 8.88. The number of benzene rings is 1. The summed E-state index contributed by atoms with van der Waals surface area (Å²) in [5.74, 6) is 1.99. The molecule has 2 aromatic heterocycles. The lowest BCUT2D eigenvalue weighted by Gasteiger charge is -2.22. The van der Waals surface area contributed by atoms with Gasteiger partial charge in [0, 0.05) is 49.9 Å². The van der Waals surface area contributed by atoms with Crippen LogP contribution in [0.15, 0.2) is 52.2 Å². The van der Waals surface area contributed by atoms with Crippen molar-refractivity contribution >= 4 is 29.9 Å². The first kappa shape index (κ1) is 23.9. The average molecular weight is 522 g/mol. The first-order valence-electron chi connectivity index (χ1n) is 10.0. The van der Waals surface area contributed by atoms with E-state index in [4.69, 9.17) is 9.52 Å². The number of rotatable bonds is 7. The van der Waals surface area contributed by atoms with Crippen molar-refractivity contribution in [2.24, 2.45) is 4.99 Å². The molecule has 0 saturated carbocycles. The number of hydrogen-bond donors (Lipinski definition) is 1. The lowest BCUT2D eigenvalue weighted by Crippen LogP contribution is -2.38. The zero-order valence-electron chi connectivity index (χ0n) is 18.3. The van der Waals surface area contributed by atoms with E-state index in [1.165, 1.54) is 0 Å². The van der Waals surface area contributed by atoms with Gasteiger partial charge in [-0.15, -0.1) is 24.0 Å². The molecule has 2 heterocycles. The monoisotopic (exact) mass is 522 g/mol. The van der Waals surface area contributed by atoms with Crippen molar-refractivity contribution in [3.63, 3.8) is 0 Å². The summed E-state index contributed by atoms with van der Waals surface area (Å²) < 4.78 is 7.20. The Bertz CT molecular complexity index is 930. The van der Waals surface area contributed by atoms with Crippen molar-refractivity contribution in [3.05, 3.63) is 65.3 Å². The number of aliphatic imine (C=N–C) groups is 1. The summed E-state index contributed by atoms with van der Waals surface area (Å²) in [7, 11) is 2.04. The van der Waals surface area contributed by atoms with Gasteiger partial charge in [0.1, 0.15) is 5.76 Å². The minimum Gasteiger partial charge on any atom is -0.361 e. The van der Waals surface area contributed by atoms with E-state index < -0.39 is 0 Å². The molecule has 0 amide bonds. The highest BCUT2D eigenvalue weighted by atomic mass is 127. The zero-order chi connectivity index (χ0) is 20.8. The summed E-state index contributed by atoms with van der Waals surface area (Å²) in [6.07, 6.45) is 3.96. The van der Waals surface area contributed by atoms with E-state index in [0.29, 0.717) is 6.54 Å². The van der Waals surface area contributed by atoms with Crippen LogP contribution in [-0.2, 0) is 6.54 Å². The number of guanidine groups is 1. The number of nitrogens with zero attached hydrogens (tertiary/aromatic N) is 5. The van der Waals surface area contributed by atoms with Crippen molar-refractivity contribution in [1.82, 2.24) is 25.2 Å². The Balaban J connectivity index is 0.00000320. The lowest BCUT2D eigenvalue weighted by atomic mass is 10.00. The van der Waals surface area contributed by atoms with Gasteiger partial charge in [0.2, 0.25) is 0 Å². The minimum absolute atomic E-state index is 0. The number of halogens is 1. The Morgan fingerprint density at radius 1 is 1.27 bits per heavy atom. The van der Waals surface area contributed by atoms with E-state index in [-0.39, 0.29) is 29.9 Å². The normalized spacial score (nSPS) is 12.4. The number of aromatic nitrogens is 3. The molecule has 1 N–H and O–H groups in total. The fourth-order valence-electron chi connectivity index (χ4n) is 3.49. The molecule has 1 aromatic carbocycles. The summed E-state index contributed by atoms with van der Waals surface area (Å²) in [5, 5.41) is 11.9. The van der Waals surface area contributed by atoms with Gasteiger partial charge < -0.3 is 14.7 Å². The smallest absolute Gasteiger partial charge is 0.193 e. The van der Waals surface area contributed by atoms with Crippen LogP contribution in [0.5, 0.6) is 0 Å². The first-order valence-corrected chi connectivity index (χ1v) is 10.0. The second-order valence-electron chi connectivity index (χ2n) is 7.32. The highest BCUT2D eigenvalue weighted by molar-refractivity contribution is 14.0. The van der Waals surface area contributed by atoms with Crippen molar-refractivity contribution < 1.29 is 4.52 Å². The van der Waals surface area contributed by atoms with Crippen LogP contribution in [0.1, 0.15) is 42.3 Å². The largest absolute Gasteiger partial charge is 0.361 e. The molecule has 0 bridgehead atoms. The Labute approximate surface area is 195 Å². The molecule has 0 aliphatic carbocycles. The van der Waals surface area contributed by atoms with Gasteiger partial charge in [0.05, 0.1) is 17.6 Å². The van der Waals surface area contributed by atoms with E-state index >= 15 is 0 Å². The Morgan fingerprint density at radius 3 is 2.63 bits per heavy atom. The summed E-state index contributed by atoms with van der Waals surface area (Å²) in [4.78, 5) is 6.97. The predicted octanol–water partition coefficient (Wildman–Crippen LogP) is 4.30. The third-order valence-corrected chi connectivity index (χ3v) is 4.87. The molecule has 0 radical (unpaired) electrons. The summed E-state index contributed by atoms with van der Waals surface area (Å²) in [6.45, 7) is 10.4. The van der Waals surface area contributed by atoms with Crippen LogP contribution in [0, 0.1) is 13.8 Å². The van der Waals surface area contributed by atoms with Crippen molar-refractivity contribution in [2.75, 3.05) is 20.1 Å². The van der Waals surface area contributed by atoms with Crippen LogP contribution < -0.4 is 5.32 Å². The molecule has 0 aliphatic rings. The maximum Gasteiger partial charge on any atom is 0.193 e. The molecule has 0 spiro atoms. The molecule has 7 nitrogen and oxygen atoms in total. The topological polar surface area (TPSA) is 71.5 Å². The summed E-state index contributed by atoms with van der Waals surface area (Å²) in [5.41, 5.74) is 4.27. The zero-order valence-corrected chi connectivity index (χ0v) is 20.6. The van der Waals surface area contributed by atoms with Crippen LogP contribution >= 0.6 is 24.0 Å². The van der Waals surface area contributed by atoms with Gasteiger partial charge in [-0.3, -0.25) is 4.99 Å². The standard InChI is InChI=1S/C22H30N6O.HI/c1-6-23-22(24-12-16(2)21-17(3)26-29-18(21)4)27(5)14-19-13-25-28(15-19)20-10-8-7-9-11-20;/h7-11,13,15-16H,6,12,14H2,1-5H3,(H,23,24);1H. The molecule has 30 heavy (non-hydrogen) atoms. The van der Waals surface area contributed by atoms with Gasteiger partial charge in [-0.05, 0) is 32.9 Å². The Morgan fingerprint density at radius 2 is 2.00 bits per heavy atom. The first-order chi connectivity index (χ1) is 14.0. The van der Waals surface area contributed by atoms with Gasteiger partial charge in [-0.25, -0.2) is 4.68 Å². The van der Waals surface area contributed by atoms with Crippen LogP contribution in [0.3, 0.4) is 0 Å². The third kappa shape index (κ3) is 5.84. The van der Waals surface area contributed by atoms with Crippen molar-refractivity contribution in [2.45, 2.75) is 40.2 Å². The maximum atomic E-state index is 5.30. The van der Waals surface area contributed by atoms with Gasteiger partial charge in [0.15, 0.2) is 5.96 Å². The molecule has 0 aliphatic heterocycles. The molecular formula is C22H31IN6O. The highest BCUT2D eigenvalue weighted by Crippen LogP contribution is 2.23. The predicted molar refractivity (Wildman–Crippen MR) is 131 cm³/mol. The maximum absolute atomic E-state index is 5.30. The quantitative estimate of drug-likeness (QED) is 0.285. The van der Waals surface area contributed by atoms with Gasteiger partial charge in [-0.1, -0.05) is 30.3 Å². The molecule has 3 rings (SSSR count). The molecule has 0 fully saturated rings. The van der Waals surface area contributed by atoms with E-state index in [9.17, 15) is 0 Å². The molecule has 0 saturated heterocycles. The summed E-state index contributed by atoms with van der Waals surface area (Å²) >= 11 is 0. The minimum atomic E-state index is 0. The fourth-order valence-corrected chi connectivity index (χ4v) is 3.49. The van der Waals surface area contributed by atoms with E-state index in [1.807, 2.05) is 62.1 Å². The number of hydrogen-bond acceptors (Lipinski definition) is 4. The summed E-state index contributed by atoms with van der Waals surface area (Å²) in [6, 6.07) is 10.1. The molecule has 8 heteroatoms.